The summed E-state index contributed by atoms with van der Waals surface area (Å²) in [7, 11) is 0. The first-order chi connectivity index (χ1) is 3.18. The molecule has 0 saturated carbocycles. The topological polar surface area (TPSA) is 74.6 Å². The molecule has 0 amide bonds. The number of thiol groups is 1. The van der Waals surface area contributed by atoms with Crippen molar-refractivity contribution in [3.05, 3.63) is 0 Å². The van der Waals surface area contributed by atoms with Crippen molar-refractivity contribution >= 4 is 51.4 Å². The first-order valence-corrected chi connectivity index (χ1v) is 4.12. The molecule has 0 saturated heterocycles. The summed E-state index contributed by atoms with van der Waals surface area (Å²) in [5, 5.41) is 0. The molecule has 0 aromatic carbocycles. The van der Waals surface area contributed by atoms with Crippen molar-refractivity contribution in [2.24, 2.45) is 5.73 Å². The fourth-order valence-electron chi connectivity index (χ4n) is 0.0900. The molecule has 0 aliphatic rings. The minimum absolute atomic E-state index is 0. The largest absolute Gasteiger partial charge is 0.412 e. The van der Waals surface area contributed by atoms with Crippen LogP contribution in [0.4, 0.5) is 0 Å². The van der Waals surface area contributed by atoms with E-state index in [1.54, 1.807) is 0 Å². The van der Waals surface area contributed by atoms with E-state index in [9.17, 15) is 4.79 Å². The molecule has 4 N–H and O–H groups in total. The molecule has 1 atom stereocenters. The number of halogens is 1. The molecule has 3 nitrogen and oxygen atoms in total. The van der Waals surface area contributed by atoms with Crippen molar-refractivity contribution in [3.63, 3.8) is 0 Å². The van der Waals surface area contributed by atoms with Crippen LogP contribution in [0.5, 0.6) is 0 Å². The van der Waals surface area contributed by atoms with Crippen molar-refractivity contribution in [2.75, 3.05) is 5.75 Å². The normalized spacial score (nSPS) is 10.6. The van der Waals surface area contributed by atoms with Crippen LogP contribution in [-0.2, 0) is 4.79 Å². The summed E-state index contributed by atoms with van der Waals surface area (Å²) in [6.45, 7) is 0. The van der Waals surface area contributed by atoms with Gasteiger partial charge in [-0.1, -0.05) is 0 Å². The molecular formula is C3H10ClNO2SSn. The molecule has 0 rings (SSSR count). The van der Waals surface area contributed by atoms with Crippen LogP contribution in [0.25, 0.3) is 0 Å². The predicted octanol–water partition coefficient (Wildman–Crippen LogP) is -1.73. The Morgan fingerprint density at radius 3 is 2.11 bits per heavy atom. The molecule has 0 aliphatic carbocycles. The SMILES string of the molecule is Cl.N[C@@H](CS)[C](=O)[SnH].O. The molecule has 0 aromatic rings. The Morgan fingerprint density at radius 2 is 2.11 bits per heavy atom. The van der Waals surface area contributed by atoms with E-state index in [4.69, 9.17) is 5.73 Å². The maximum atomic E-state index is 10.3. The van der Waals surface area contributed by atoms with E-state index in [1.807, 2.05) is 0 Å². The Bertz CT molecular complexity index is 84.2. The molecule has 9 heavy (non-hydrogen) atoms. The zero-order valence-corrected chi connectivity index (χ0v) is 9.71. The van der Waals surface area contributed by atoms with Gasteiger partial charge in [0, 0.05) is 0 Å². The molecular weight excluding hydrogens is 268 g/mol. The van der Waals surface area contributed by atoms with E-state index in [2.05, 4.69) is 12.6 Å². The van der Waals surface area contributed by atoms with Gasteiger partial charge in [0.05, 0.1) is 0 Å². The number of carbonyl (C=O) groups excluding carboxylic acids is 1. The number of hydrogen-bond acceptors (Lipinski definition) is 3. The van der Waals surface area contributed by atoms with Crippen LogP contribution in [0.1, 0.15) is 0 Å². The van der Waals surface area contributed by atoms with Gasteiger partial charge in [0.25, 0.3) is 0 Å². The smallest absolute Gasteiger partial charge is 0.412 e. The molecule has 56 valence electrons. The number of rotatable bonds is 2. The van der Waals surface area contributed by atoms with Crippen LogP contribution in [0.3, 0.4) is 0 Å². The second-order valence-corrected chi connectivity index (χ2v) is 3.18. The van der Waals surface area contributed by atoms with Crippen molar-refractivity contribution in [1.29, 1.82) is 0 Å². The van der Waals surface area contributed by atoms with E-state index < -0.39 is 0 Å². The van der Waals surface area contributed by atoms with E-state index in [0.717, 1.165) is 0 Å². The van der Waals surface area contributed by atoms with Gasteiger partial charge >= 0.3 is 61.3 Å². The summed E-state index contributed by atoms with van der Waals surface area (Å²) in [5.74, 6) is 0.472. The Labute approximate surface area is 79.0 Å². The Balaban J connectivity index is -0.000000180. The summed E-state index contributed by atoms with van der Waals surface area (Å²) in [6, 6.07) is -0.314. The van der Waals surface area contributed by atoms with Crippen molar-refractivity contribution in [1.82, 2.24) is 0 Å². The molecule has 0 unspecified atom stereocenters. The van der Waals surface area contributed by atoms with Crippen molar-refractivity contribution < 1.29 is 10.3 Å². The van der Waals surface area contributed by atoms with Gasteiger partial charge in [-0.15, -0.1) is 12.4 Å². The van der Waals surface area contributed by atoms with Gasteiger partial charge in [-0.3, -0.25) is 0 Å². The standard InChI is InChI=1S/C3H6NOS.ClH.H2O.Sn.H/c4-3(1-5)2-6;;;;/h3,6H,2,4H2;1H;1H2;;/t3-;;;;/m1..../s1. The average molecular weight is 278 g/mol. The van der Waals surface area contributed by atoms with Gasteiger partial charge in [0.15, 0.2) is 0 Å². The monoisotopic (exact) mass is 279 g/mol. The Hall–Kier alpha value is 1.03. The van der Waals surface area contributed by atoms with Gasteiger partial charge in [0.1, 0.15) is 0 Å². The summed E-state index contributed by atoms with van der Waals surface area (Å²) >= 11 is 4.44. The Morgan fingerprint density at radius 1 is 1.78 bits per heavy atom. The molecule has 2 radical (unpaired) electrons. The summed E-state index contributed by atoms with van der Waals surface area (Å²) < 4.78 is 0.125. The number of hydrogen-bond donors (Lipinski definition) is 2. The van der Waals surface area contributed by atoms with Crippen LogP contribution in [0, 0.1) is 0 Å². The molecule has 6 heteroatoms. The first kappa shape index (κ1) is 16.5. The second kappa shape index (κ2) is 9.03. The second-order valence-electron chi connectivity index (χ2n) is 1.19. The van der Waals surface area contributed by atoms with Gasteiger partial charge in [-0.2, -0.15) is 0 Å². The predicted molar refractivity (Wildman–Crippen MR) is 44.8 cm³/mol. The molecule has 0 aliphatic heterocycles. The minimum atomic E-state index is -0.314. The van der Waals surface area contributed by atoms with E-state index >= 15 is 0 Å². The zero-order valence-electron chi connectivity index (χ0n) is 4.70. The summed E-state index contributed by atoms with van der Waals surface area (Å²) in [4.78, 5) is 10.3. The average Bonchev–Trinajstić information content (AvgIpc) is 1.65. The third kappa shape index (κ3) is 9.03. The first-order valence-electron chi connectivity index (χ1n) is 1.84. The van der Waals surface area contributed by atoms with Crippen molar-refractivity contribution in [2.45, 2.75) is 6.04 Å². The molecule has 0 fully saturated rings. The zero-order chi connectivity index (χ0) is 5.86. The van der Waals surface area contributed by atoms with Crippen LogP contribution in [-0.4, -0.2) is 43.6 Å². The quantitative estimate of drug-likeness (QED) is 0.465. The molecule has 0 bridgehead atoms. The van der Waals surface area contributed by atoms with Crippen LogP contribution in [0.15, 0.2) is 0 Å². The number of carbonyl (C=O) groups is 1. The number of nitrogens with two attached hydrogens (primary N) is 1. The molecule has 0 spiro atoms. The van der Waals surface area contributed by atoms with Crippen LogP contribution in [0.2, 0.25) is 0 Å². The van der Waals surface area contributed by atoms with Gasteiger partial charge in [-0.05, 0) is 0 Å². The van der Waals surface area contributed by atoms with Crippen LogP contribution < -0.4 is 5.73 Å². The van der Waals surface area contributed by atoms with E-state index in [0.29, 0.717) is 28.3 Å². The molecule has 0 heterocycles. The van der Waals surface area contributed by atoms with Gasteiger partial charge < -0.3 is 5.48 Å². The van der Waals surface area contributed by atoms with Gasteiger partial charge in [0.2, 0.25) is 0 Å². The van der Waals surface area contributed by atoms with Crippen molar-refractivity contribution in [3.8, 4) is 0 Å². The maximum absolute atomic E-state index is 10.3. The summed E-state index contributed by atoms with van der Waals surface area (Å²) in [6.07, 6.45) is 0. The van der Waals surface area contributed by atoms with Gasteiger partial charge in [-0.25, -0.2) is 0 Å². The Kier molecular flexibility index (Phi) is 16.6. The fourth-order valence-corrected chi connectivity index (χ4v) is 1.17. The van der Waals surface area contributed by atoms with E-state index in [-0.39, 0.29) is 27.7 Å². The third-order valence-corrected chi connectivity index (χ3v) is 2.18. The summed E-state index contributed by atoms with van der Waals surface area (Å²) in [5.41, 5.74) is 5.22. The van der Waals surface area contributed by atoms with E-state index in [1.165, 1.54) is 0 Å². The maximum Gasteiger partial charge on any atom is -0.412 e. The molecule has 0 aromatic heterocycles. The fraction of sp³-hybridized carbons (Fsp3) is 0.667. The van der Waals surface area contributed by atoms with Crippen LogP contribution >= 0.6 is 25.0 Å². The minimum Gasteiger partial charge on any atom is -0.412 e. The third-order valence-electron chi connectivity index (χ3n) is 0.562.